The van der Waals surface area contributed by atoms with Crippen LogP contribution < -0.4 is 10.1 Å². The minimum Gasteiger partial charge on any atom is -0.495 e. The summed E-state index contributed by atoms with van der Waals surface area (Å²) in [5, 5.41) is 8.21. The number of furan rings is 1. The number of ether oxygens (including phenoxy) is 1. The summed E-state index contributed by atoms with van der Waals surface area (Å²) in [6.07, 6.45) is 1.54. The monoisotopic (exact) mass is 498 g/mol. The number of anilines is 1. The second-order valence-electron chi connectivity index (χ2n) is 7.33. The highest BCUT2D eigenvalue weighted by Gasteiger charge is 2.22. The van der Waals surface area contributed by atoms with Crippen LogP contribution in [0.25, 0.3) is 17.1 Å². The van der Waals surface area contributed by atoms with Gasteiger partial charge in [0.1, 0.15) is 11.4 Å². The van der Waals surface area contributed by atoms with Gasteiger partial charge in [-0.15, -0.1) is 0 Å². The minimum absolute atomic E-state index is 0.150. The first kappa shape index (κ1) is 23.4. The van der Waals surface area contributed by atoms with Crippen molar-refractivity contribution in [1.29, 1.82) is 0 Å². The van der Waals surface area contributed by atoms with Crippen molar-refractivity contribution in [3.05, 3.63) is 82.7 Å². The molecule has 0 saturated carbocycles. The topological polar surface area (TPSA) is 89.6 Å². The molecule has 0 spiro atoms. The van der Waals surface area contributed by atoms with E-state index in [4.69, 9.17) is 32.4 Å². The molecule has 0 aliphatic rings. The fourth-order valence-corrected chi connectivity index (χ4v) is 3.61. The molecule has 2 aromatic carbocycles. The van der Waals surface area contributed by atoms with Gasteiger partial charge in [0, 0.05) is 23.2 Å². The predicted molar refractivity (Wildman–Crippen MR) is 130 cm³/mol. The van der Waals surface area contributed by atoms with Crippen molar-refractivity contribution in [3.63, 3.8) is 0 Å². The molecule has 0 saturated heterocycles. The Bertz CT molecular complexity index is 1320. The summed E-state index contributed by atoms with van der Waals surface area (Å²) in [7, 11) is 3.01. The van der Waals surface area contributed by atoms with Gasteiger partial charge in [-0.05, 0) is 54.6 Å². The van der Waals surface area contributed by atoms with E-state index in [9.17, 15) is 9.59 Å². The van der Waals surface area contributed by atoms with Crippen LogP contribution in [0.15, 0.2) is 71.3 Å². The van der Waals surface area contributed by atoms with E-state index >= 15 is 0 Å². The summed E-state index contributed by atoms with van der Waals surface area (Å²) in [6, 6.07) is 17.0. The van der Waals surface area contributed by atoms with Gasteiger partial charge in [0.2, 0.25) is 5.91 Å². The smallest absolute Gasteiger partial charge is 0.274 e. The molecule has 0 radical (unpaired) electrons. The van der Waals surface area contributed by atoms with Gasteiger partial charge in [-0.3, -0.25) is 9.59 Å². The Hall–Kier alpha value is -3.75. The molecule has 1 N–H and O–H groups in total. The van der Waals surface area contributed by atoms with Crippen LogP contribution in [0.1, 0.15) is 10.5 Å². The van der Waals surface area contributed by atoms with Gasteiger partial charge in [0.15, 0.2) is 11.5 Å². The second kappa shape index (κ2) is 10.0. The van der Waals surface area contributed by atoms with E-state index in [1.807, 2.05) is 0 Å². The van der Waals surface area contributed by atoms with Gasteiger partial charge in [-0.25, -0.2) is 4.68 Å². The third-order valence-corrected chi connectivity index (χ3v) is 5.42. The number of nitrogens with one attached hydrogen (secondary N) is 1. The number of nitrogens with zero attached hydrogens (tertiary/aromatic N) is 3. The van der Waals surface area contributed by atoms with Crippen LogP contribution in [-0.2, 0) is 4.79 Å². The van der Waals surface area contributed by atoms with E-state index in [0.717, 1.165) is 0 Å². The van der Waals surface area contributed by atoms with Crippen LogP contribution in [0.2, 0.25) is 10.0 Å². The Labute approximate surface area is 205 Å². The number of halogens is 2. The van der Waals surface area contributed by atoms with Crippen LogP contribution in [0, 0.1) is 0 Å². The normalized spacial score (nSPS) is 10.7. The Morgan fingerprint density at radius 3 is 2.50 bits per heavy atom. The van der Waals surface area contributed by atoms with E-state index in [-0.39, 0.29) is 12.2 Å². The standard InChI is InChI=1S/C24H20Cl2N4O4/c1-29(14-23(31)27-18-12-16(26)7-10-21(18)33-2)24(32)19-13-20(22-4-3-11-34-22)30(28-19)17-8-5-15(25)6-9-17/h3-13H,14H2,1-2H3,(H,27,31). The number of hydrogen-bond acceptors (Lipinski definition) is 5. The van der Waals surface area contributed by atoms with Crippen molar-refractivity contribution in [1.82, 2.24) is 14.7 Å². The fraction of sp³-hybridized carbons (Fsp3) is 0.125. The summed E-state index contributed by atoms with van der Waals surface area (Å²) in [4.78, 5) is 27.0. The Kier molecular flexibility index (Phi) is 6.90. The minimum atomic E-state index is -0.436. The van der Waals surface area contributed by atoms with E-state index in [2.05, 4.69) is 10.4 Å². The molecule has 0 bridgehead atoms. The number of amides is 2. The summed E-state index contributed by atoms with van der Waals surface area (Å²) in [5.74, 6) is 0.139. The lowest BCUT2D eigenvalue weighted by Crippen LogP contribution is -2.35. The number of methoxy groups -OCH3 is 1. The van der Waals surface area contributed by atoms with Crippen molar-refractivity contribution in [2.24, 2.45) is 0 Å². The number of rotatable bonds is 7. The molecule has 0 aliphatic carbocycles. The first-order valence-corrected chi connectivity index (χ1v) is 10.9. The lowest BCUT2D eigenvalue weighted by atomic mass is 10.2. The zero-order valence-electron chi connectivity index (χ0n) is 18.3. The summed E-state index contributed by atoms with van der Waals surface area (Å²) in [5.41, 5.74) is 1.84. The van der Waals surface area contributed by atoms with Crippen LogP contribution >= 0.6 is 23.2 Å². The highest BCUT2D eigenvalue weighted by Crippen LogP contribution is 2.28. The highest BCUT2D eigenvalue weighted by molar-refractivity contribution is 6.31. The third kappa shape index (κ3) is 5.08. The Morgan fingerprint density at radius 2 is 1.82 bits per heavy atom. The fourth-order valence-electron chi connectivity index (χ4n) is 3.31. The molecule has 2 amide bonds. The van der Waals surface area contributed by atoms with E-state index in [0.29, 0.717) is 38.6 Å². The van der Waals surface area contributed by atoms with Crippen molar-refractivity contribution in [2.75, 3.05) is 26.0 Å². The van der Waals surface area contributed by atoms with Crippen LogP contribution in [-0.4, -0.2) is 47.2 Å². The van der Waals surface area contributed by atoms with Crippen LogP contribution in [0.4, 0.5) is 5.69 Å². The number of carbonyl (C=O) groups excluding carboxylic acids is 2. The molecular formula is C24H20Cl2N4O4. The zero-order chi connectivity index (χ0) is 24.2. The number of benzene rings is 2. The van der Waals surface area contributed by atoms with E-state index in [1.54, 1.807) is 65.3 Å². The molecule has 34 heavy (non-hydrogen) atoms. The third-order valence-electron chi connectivity index (χ3n) is 4.94. The molecule has 4 rings (SSSR count). The number of likely N-dealkylation sites (N-methyl/N-ethyl adjacent to an activating group) is 1. The van der Waals surface area contributed by atoms with Crippen molar-refractivity contribution in [3.8, 4) is 22.9 Å². The predicted octanol–water partition coefficient (Wildman–Crippen LogP) is 5.16. The summed E-state index contributed by atoms with van der Waals surface area (Å²) >= 11 is 12.0. The van der Waals surface area contributed by atoms with Crippen molar-refractivity contribution < 1.29 is 18.7 Å². The maximum atomic E-state index is 13.1. The maximum absolute atomic E-state index is 13.1. The Morgan fingerprint density at radius 1 is 1.09 bits per heavy atom. The van der Waals surface area contributed by atoms with Gasteiger partial charge in [0.05, 0.1) is 31.3 Å². The molecule has 4 aromatic rings. The quantitative estimate of drug-likeness (QED) is 0.380. The number of hydrogen-bond donors (Lipinski definition) is 1. The number of aromatic nitrogens is 2. The summed E-state index contributed by atoms with van der Waals surface area (Å²) in [6.45, 7) is -0.210. The highest BCUT2D eigenvalue weighted by atomic mass is 35.5. The van der Waals surface area contributed by atoms with Crippen LogP contribution in [0.3, 0.4) is 0 Å². The summed E-state index contributed by atoms with van der Waals surface area (Å²) < 4.78 is 12.4. The zero-order valence-corrected chi connectivity index (χ0v) is 19.8. The molecule has 10 heteroatoms. The lowest BCUT2D eigenvalue weighted by molar-refractivity contribution is -0.116. The molecule has 2 heterocycles. The SMILES string of the molecule is COc1ccc(Cl)cc1NC(=O)CN(C)C(=O)c1cc(-c2ccco2)n(-c2ccc(Cl)cc2)n1. The first-order chi connectivity index (χ1) is 16.4. The lowest BCUT2D eigenvalue weighted by Gasteiger charge is -2.16. The van der Waals surface area contributed by atoms with E-state index in [1.165, 1.54) is 25.3 Å². The van der Waals surface area contributed by atoms with Gasteiger partial charge >= 0.3 is 0 Å². The first-order valence-electron chi connectivity index (χ1n) is 10.1. The molecule has 0 atom stereocenters. The largest absolute Gasteiger partial charge is 0.495 e. The molecular weight excluding hydrogens is 479 g/mol. The van der Waals surface area contributed by atoms with Gasteiger partial charge < -0.3 is 19.4 Å². The Balaban J connectivity index is 1.55. The molecule has 8 nitrogen and oxygen atoms in total. The molecule has 0 unspecified atom stereocenters. The van der Waals surface area contributed by atoms with Crippen molar-refractivity contribution in [2.45, 2.75) is 0 Å². The van der Waals surface area contributed by atoms with Crippen molar-refractivity contribution >= 4 is 40.7 Å². The number of carbonyl (C=O) groups is 2. The molecule has 0 aliphatic heterocycles. The molecule has 0 fully saturated rings. The molecule has 2 aromatic heterocycles. The van der Waals surface area contributed by atoms with Gasteiger partial charge in [0.25, 0.3) is 5.91 Å². The second-order valence-corrected chi connectivity index (χ2v) is 8.21. The van der Waals surface area contributed by atoms with E-state index < -0.39 is 11.8 Å². The van der Waals surface area contributed by atoms with Gasteiger partial charge in [-0.2, -0.15) is 5.10 Å². The average Bonchev–Trinajstić information content (AvgIpc) is 3.49. The average molecular weight is 499 g/mol. The maximum Gasteiger partial charge on any atom is 0.274 e. The van der Waals surface area contributed by atoms with Crippen LogP contribution in [0.5, 0.6) is 5.75 Å². The van der Waals surface area contributed by atoms with Gasteiger partial charge in [-0.1, -0.05) is 23.2 Å². The molecule has 174 valence electrons.